The number of aromatic carboxylic acids is 1. The number of carboxylic acids is 1. The quantitative estimate of drug-likeness (QED) is 0.932. The Morgan fingerprint density at radius 3 is 2.57 bits per heavy atom. The third kappa shape index (κ3) is 3.43. The van der Waals surface area contributed by atoms with Gasteiger partial charge in [0, 0.05) is 12.0 Å². The van der Waals surface area contributed by atoms with Gasteiger partial charge in [0.1, 0.15) is 0 Å². The summed E-state index contributed by atoms with van der Waals surface area (Å²) in [5.74, 6) is -1.12. The van der Waals surface area contributed by atoms with Crippen LogP contribution in [-0.2, 0) is 6.42 Å². The second-order valence-corrected chi connectivity index (χ2v) is 5.18. The summed E-state index contributed by atoms with van der Waals surface area (Å²) in [4.78, 5) is 19.3. The maximum absolute atomic E-state index is 11.2. The first kappa shape index (κ1) is 15.5. The first-order valence-corrected chi connectivity index (χ1v) is 6.76. The number of hydrogen-bond donors (Lipinski definition) is 1. The van der Waals surface area contributed by atoms with Gasteiger partial charge >= 0.3 is 12.0 Å². The lowest BCUT2D eigenvalue weighted by Crippen LogP contribution is -2.10. The average molecular weight is 327 g/mol. The van der Waals surface area contributed by atoms with Gasteiger partial charge in [-0.15, -0.1) is 0 Å². The van der Waals surface area contributed by atoms with Crippen molar-refractivity contribution in [3.8, 4) is 6.01 Å². The molecule has 2 aromatic rings. The van der Waals surface area contributed by atoms with Gasteiger partial charge in [-0.3, -0.25) is 0 Å². The molecule has 2 rings (SSSR count). The summed E-state index contributed by atoms with van der Waals surface area (Å²) in [7, 11) is 1.39. The maximum Gasteiger partial charge on any atom is 0.355 e. The van der Waals surface area contributed by atoms with Crippen molar-refractivity contribution >= 4 is 29.2 Å². The van der Waals surface area contributed by atoms with Gasteiger partial charge in [-0.25, -0.2) is 4.79 Å². The molecule has 0 saturated heterocycles. The lowest BCUT2D eigenvalue weighted by Gasteiger charge is -2.10. The number of benzene rings is 1. The molecule has 0 amide bonds. The van der Waals surface area contributed by atoms with Gasteiger partial charge in [0.25, 0.3) is 0 Å². The van der Waals surface area contributed by atoms with Crippen molar-refractivity contribution in [1.82, 2.24) is 9.97 Å². The molecule has 1 aromatic carbocycles. The fourth-order valence-electron chi connectivity index (χ4n) is 1.86. The van der Waals surface area contributed by atoms with Crippen LogP contribution in [0.1, 0.15) is 27.3 Å². The van der Waals surface area contributed by atoms with E-state index in [0.29, 0.717) is 27.7 Å². The van der Waals surface area contributed by atoms with Crippen molar-refractivity contribution in [3.05, 3.63) is 50.8 Å². The standard InChI is InChI=1S/C14H12Cl2N2O3/c1-7-11(6-8-3-4-9(15)10(16)5-8)17-14(21-2)18-12(7)13(19)20/h3-5H,6H2,1-2H3,(H,19,20). The third-order valence-electron chi connectivity index (χ3n) is 2.97. The lowest BCUT2D eigenvalue weighted by atomic mass is 10.0. The number of rotatable bonds is 4. The second-order valence-electron chi connectivity index (χ2n) is 4.36. The smallest absolute Gasteiger partial charge is 0.355 e. The highest BCUT2D eigenvalue weighted by Crippen LogP contribution is 2.25. The zero-order valence-corrected chi connectivity index (χ0v) is 12.9. The van der Waals surface area contributed by atoms with E-state index in [4.69, 9.17) is 27.9 Å². The highest BCUT2D eigenvalue weighted by molar-refractivity contribution is 6.42. The zero-order valence-electron chi connectivity index (χ0n) is 11.4. The predicted molar refractivity (Wildman–Crippen MR) is 79.5 cm³/mol. The normalized spacial score (nSPS) is 10.5. The van der Waals surface area contributed by atoms with E-state index in [9.17, 15) is 9.90 Å². The van der Waals surface area contributed by atoms with Crippen molar-refractivity contribution in [2.45, 2.75) is 13.3 Å². The van der Waals surface area contributed by atoms with Crippen molar-refractivity contribution in [1.29, 1.82) is 0 Å². The number of aromatic nitrogens is 2. The Hall–Kier alpha value is -1.85. The molecule has 0 aliphatic rings. The molecule has 1 heterocycles. The fraction of sp³-hybridized carbons (Fsp3) is 0.214. The maximum atomic E-state index is 11.2. The highest BCUT2D eigenvalue weighted by Gasteiger charge is 2.17. The molecule has 0 atom stereocenters. The average Bonchev–Trinajstić information content (AvgIpc) is 2.44. The monoisotopic (exact) mass is 326 g/mol. The van der Waals surface area contributed by atoms with Crippen LogP contribution in [0.15, 0.2) is 18.2 Å². The van der Waals surface area contributed by atoms with E-state index < -0.39 is 5.97 Å². The van der Waals surface area contributed by atoms with Gasteiger partial charge in [-0.1, -0.05) is 29.3 Å². The molecule has 0 radical (unpaired) electrons. The molecule has 0 bridgehead atoms. The van der Waals surface area contributed by atoms with E-state index in [2.05, 4.69) is 9.97 Å². The molecule has 0 fully saturated rings. The van der Waals surface area contributed by atoms with Crippen LogP contribution >= 0.6 is 23.2 Å². The first-order chi connectivity index (χ1) is 9.92. The fourth-order valence-corrected chi connectivity index (χ4v) is 2.18. The molecule has 21 heavy (non-hydrogen) atoms. The zero-order chi connectivity index (χ0) is 15.6. The molecular formula is C14H12Cl2N2O3. The molecule has 1 aromatic heterocycles. The van der Waals surface area contributed by atoms with Crippen LogP contribution in [0, 0.1) is 6.92 Å². The Balaban J connectivity index is 2.45. The molecule has 0 saturated carbocycles. The van der Waals surface area contributed by atoms with Gasteiger partial charge in [0.15, 0.2) is 5.69 Å². The molecule has 0 aliphatic heterocycles. The molecule has 0 unspecified atom stereocenters. The van der Waals surface area contributed by atoms with Crippen molar-refractivity contribution in [2.75, 3.05) is 7.11 Å². The van der Waals surface area contributed by atoms with Gasteiger partial charge < -0.3 is 9.84 Å². The van der Waals surface area contributed by atoms with Crippen LogP contribution in [-0.4, -0.2) is 28.2 Å². The lowest BCUT2D eigenvalue weighted by molar-refractivity contribution is 0.0688. The first-order valence-electron chi connectivity index (χ1n) is 6.01. The number of methoxy groups -OCH3 is 1. The van der Waals surface area contributed by atoms with Crippen molar-refractivity contribution < 1.29 is 14.6 Å². The van der Waals surface area contributed by atoms with E-state index >= 15 is 0 Å². The Morgan fingerprint density at radius 2 is 2.00 bits per heavy atom. The molecule has 5 nitrogen and oxygen atoms in total. The van der Waals surface area contributed by atoms with Crippen LogP contribution in [0.5, 0.6) is 6.01 Å². The Morgan fingerprint density at radius 1 is 1.29 bits per heavy atom. The SMILES string of the molecule is COc1nc(Cc2ccc(Cl)c(Cl)c2)c(C)c(C(=O)O)n1. The Labute approximate surface area is 131 Å². The summed E-state index contributed by atoms with van der Waals surface area (Å²) in [6, 6.07) is 5.24. The second kappa shape index (κ2) is 6.28. The van der Waals surface area contributed by atoms with Crippen LogP contribution in [0.4, 0.5) is 0 Å². The topological polar surface area (TPSA) is 72.3 Å². The predicted octanol–water partition coefficient (Wildman–Crippen LogP) is 3.39. The third-order valence-corrected chi connectivity index (χ3v) is 3.71. The number of carboxylic acid groups (broad SMARTS) is 1. The number of carbonyl (C=O) groups is 1. The number of nitrogens with zero attached hydrogens (tertiary/aromatic N) is 2. The van der Waals surface area contributed by atoms with Gasteiger partial charge in [-0.05, 0) is 24.6 Å². The number of hydrogen-bond acceptors (Lipinski definition) is 4. The van der Waals surface area contributed by atoms with Gasteiger partial charge in [0.05, 0.1) is 22.8 Å². The van der Waals surface area contributed by atoms with Crippen LogP contribution < -0.4 is 4.74 Å². The minimum absolute atomic E-state index is 0.0214. The summed E-state index contributed by atoms with van der Waals surface area (Å²) in [6.45, 7) is 1.66. The number of ether oxygens (including phenoxy) is 1. The summed E-state index contributed by atoms with van der Waals surface area (Å²) in [5.41, 5.74) is 1.86. The van der Waals surface area contributed by atoms with Crippen LogP contribution in [0.3, 0.4) is 0 Å². The summed E-state index contributed by atoms with van der Waals surface area (Å²) in [5, 5.41) is 10.1. The molecular weight excluding hydrogens is 315 g/mol. The van der Waals surface area contributed by atoms with Gasteiger partial charge in [0.2, 0.25) is 0 Å². The Kier molecular flexibility index (Phi) is 4.65. The summed E-state index contributed by atoms with van der Waals surface area (Å²) in [6.07, 6.45) is 0.405. The summed E-state index contributed by atoms with van der Waals surface area (Å²) >= 11 is 11.9. The molecule has 110 valence electrons. The summed E-state index contributed by atoms with van der Waals surface area (Å²) < 4.78 is 4.95. The van der Waals surface area contributed by atoms with E-state index in [1.54, 1.807) is 19.1 Å². The van der Waals surface area contributed by atoms with E-state index in [1.807, 2.05) is 6.07 Å². The van der Waals surface area contributed by atoms with E-state index in [1.165, 1.54) is 7.11 Å². The van der Waals surface area contributed by atoms with E-state index in [-0.39, 0.29) is 11.7 Å². The Bertz CT molecular complexity index is 705. The number of halogens is 2. The van der Waals surface area contributed by atoms with Gasteiger partial charge in [-0.2, -0.15) is 9.97 Å². The largest absolute Gasteiger partial charge is 0.476 e. The van der Waals surface area contributed by atoms with Crippen molar-refractivity contribution in [3.63, 3.8) is 0 Å². The molecule has 0 spiro atoms. The molecule has 1 N–H and O–H groups in total. The minimum Gasteiger partial charge on any atom is -0.476 e. The highest BCUT2D eigenvalue weighted by atomic mass is 35.5. The molecule has 0 aliphatic carbocycles. The van der Waals surface area contributed by atoms with Crippen LogP contribution in [0.2, 0.25) is 10.0 Å². The van der Waals surface area contributed by atoms with E-state index in [0.717, 1.165) is 5.56 Å². The van der Waals surface area contributed by atoms with Crippen molar-refractivity contribution in [2.24, 2.45) is 0 Å². The van der Waals surface area contributed by atoms with Crippen LogP contribution in [0.25, 0.3) is 0 Å². The minimum atomic E-state index is -1.12. The molecule has 7 heteroatoms.